The highest BCUT2D eigenvalue weighted by molar-refractivity contribution is 7.92. The number of anilines is 1. The lowest BCUT2D eigenvalue weighted by Gasteiger charge is -2.36. The van der Waals surface area contributed by atoms with Crippen molar-refractivity contribution < 1.29 is 32.9 Å². The van der Waals surface area contributed by atoms with Crippen LogP contribution in [0.25, 0.3) is 0 Å². The van der Waals surface area contributed by atoms with Gasteiger partial charge in [0.1, 0.15) is 23.0 Å². The summed E-state index contributed by atoms with van der Waals surface area (Å²) < 4.78 is 39.9. The van der Waals surface area contributed by atoms with E-state index in [0.717, 1.165) is 12.8 Å². The minimum Gasteiger partial charge on any atom is -0.508 e. The molecule has 3 N–H and O–H groups in total. The SMILES string of the molecule is CCCCCS(=O)(=O)Nc1cccc2c1C(=O)OC21c2ccc(O)cc2Oc2cc(O)ccc21. The second-order valence-electron chi connectivity index (χ2n) is 8.39. The molecule has 0 aliphatic carbocycles. The summed E-state index contributed by atoms with van der Waals surface area (Å²) in [4.78, 5) is 13.3. The van der Waals surface area contributed by atoms with E-state index in [9.17, 15) is 23.4 Å². The molecule has 9 heteroatoms. The van der Waals surface area contributed by atoms with Crippen LogP contribution in [-0.4, -0.2) is 30.4 Å². The second kappa shape index (κ2) is 7.95. The van der Waals surface area contributed by atoms with Gasteiger partial charge >= 0.3 is 5.97 Å². The Morgan fingerprint density at radius 2 is 1.56 bits per heavy atom. The summed E-state index contributed by atoms with van der Waals surface area (Å²) in [6.45, 7) is 1.99. The van der Waals surface area contributed by atoms with Crippen molar-refractivity contribution in [3.63, 3.8) is 0 Å². The van der Waals surface area contributed by atoms with Crippen molar-refractivity contribution in [2.24, 2.45) is 0 Å². The smallest absolute Gasteiger partial charge is 0.342 e. The Morgan fingerprint density at radius 1 is 0.912 bits per heavy atom. The Bertz CT molecular complexity index is 1360. The quantitative estimate of drug-likeness (QED) is 0.347. The summed E-state index contributed by atoms with van der Waals surface area (Å²) in [5.74, 6) is -0.329. The highest BCUT2D eigenvalue weighted by atomic mass is 32.2. The molecular weight excluding hydrogens is 458 g/mol. The molecule has 0 fully saturated rings. The molecule has 5 rings (SSSR count). The van der Waals surface area contributed by atoms with E-state index >= 15 is 0 Å². The van der Waals surface area contributed by atoms with Crippen molar-refractivity contribution >= 4 is 21.7 Å². The van der Waals surface area contributed by atoms with Crippen molar-refractivity contribution in [2.45, 2.75) is 31.8 Å². The molecule has 2 aliphatic rings. The number of benzene rings is 3. The van der Waals surface area contributed by atoms with Crippen LogP contribution in [-0.2, 0) is 20.4 Å². The van der Waals surface area contributed by atoms with Crippen LogP contribution in [0.2, 0.25) is 0 Å². The Balaban J connectivity index is 1.69. The number of rotatable bonds is 6. The summed E-state index contributed by atoms with van der Waals surface area (Å²) >= 11 is 0. The Labute approximate surface area is 196 Å². The second-order valence-corrected chi connectivity index (χ2v) is 10.2. The minimum atomic E-state index is -3.68. The van der Waals surface area contributed by atoms with Crippen LogP contribution in [0.3, 0.4) is 0 Å². The topological polar surface area (TPSA) is 122 Å². The third-order valence-corrected chi connectivity index (χ3v) is 7.44. The molecule has 8 nitrogen and oxygen atoms in total. The van der Waals surface area contributed by atoms with Gasteiger partial charge in [-0.1, -0.05) is 31.9 Å². The number of ether oxygens (including phenoxy) is 2. The van der Waals surface area contributed by atoms with Crippen LogP contribution in [0.15, 0.2) is 54.6 Å². The first kappa shape index (κ1) is 22.1. The number of nitrogens with one attached hydrogen (secondary N) is 1. The molecule has 0 amide bonds. The van der Waals surface area contributed by atoms with Gasteiger partial charge in [-0.3, -0.25) is 4.72 Å². The molecule has 2 heterocycles. The van der Waals surface area contributed by atoms with Gasteiger partial charge in [-0.25, -0.2) is 13.2 Å². The number of esters is 1. The van der Waals surface area contributed by atoms with Gasteiger partial charge in [0.15, 0.2) is 5.60 Å². The van der Waals surface area contributed by atoms with Gasteiger partial charge in [0, 0.05) is 28.8 Å². The third-order valence-electron chi connectivity index (χ3n) is 6.08. The first-order chi connectivity index (χ1) is 16.2. The fourth-order valence-electron chi connectivity index (χ4n) is 4.59. The summed E-state index contributed by atoms with van der Waals surface area (Å²) in [6.07, 6.45) is 2.18. The fraction of sp³-hybridized carbons (Fsp3) is 0.240. The molecule has 0 bridgehead atoms. The number of unbranched alkanes of at least 4 members (excludes halogenated alkanes) is 2. The van der Waals surface area contributed by atoms with Crippen LogP contribution in [0.4, 0.5) is 5.69 Å². The lowest BCUT2D eigenvalue weighted by molar-refractivity contribution is 0.0224. The van der Waals surface area contributed by atoms with E-state index < -0.39 is 21.6 Å². The zero-order valence-corrected chi connectivity index (χ0v) is 19.2. The van der Waals surface area contributed by atoms with Crippen molar-refractivity contribution in [1.29, 1.82) is 0 Å². The Morgan fingerprint density at radius 3 is 2.18 bits per heavy atom. The van der Waals surface area contributed by atoms with Crippen molar-refractivity contribution in [3.8, 4) is 23.0 Å². The van der Waals surface area contributed by atoms with Crippen molar-refractivity contribution in [3.05, 3.63) is 76.9 Å². The summed E-state index contributed by atoms with van der Waals surface area (Å²) in [5.41, 5.74) is 0.190. The van der Waals surface area contributed by atoms with E-state index in [1.807, 2.05) is 6.92 Å². The maximum Gasteiger partial charge on any atom is 0.342 e. The summed E-state index contributed by atoms with van der Waals surface area (Å²) in [7, 11) is -3.68. The number of phenols is 2. The summed E-state index contributed by atoms with van der Waals surface area (Å²) in [5, 5.41) is 20.0. The molecule has 3 aromatic rings. The van der Waals surface area contributed by atoms with Crippen LogP contribution in [0.5, 0.6) is 23.0 Å². The number of phenolic OH excluding ortho intramolecular Hbond substituents is 2. The number of carbonyl (C=O) groups excluding carboxylic acids is 1. The first-order valence-corrected chi connectivity index (χ1v) is 12.6. The third kappa shape index (κ3) is 3.43. The van der Waals surface area contributed by atoms with Crippen molar-refractivity contribution in [2.75, 3.05) is 10.5 Å². The lowest BCUT2D eigenvalue weighted by atomic mass is 9.77. The van der Waals surface area contributed by atoms with Gasteiger partial charge < -0.3 is 19.7 Å². The molecule has 34 heavy (non-hydrogen) atoms. The highest BCUT2D eigenvalue weighted by Crippen LogP contribution is 2.57. The molecule has 176 valence electrons. The molecule has 0 unspecified atom stereocenters. The molecular formula is C25H23NO7S. The van der Waals surface area contributed by atoms with Crippen LogP contribution in [0.1, 0.15) is 53.2 Å². The van der Waals surface area contributed by atoms with E-state index in [1.54, 1.807) is 24.3 Å². The van der Waals surface area contributed by atoms with Gasteiger partial charge in [0.05, 0.1) is 17.0 Å². The van der Waals surface area contributed by atoms with Crippen LogP contribution in [0, 0.1) is 0 Å². The van der Waals surface area contributed by atoms with Crippen LogP contribution >= 0.6 is 0 Å². The predicted molar refractivity (Wildman–Crippen MR) is 125 cm³/mol. The van der Waals surface area contributed by atoms with E-state index in [1.165, 1.54) is 30.3 Å². The zero-order chi connectivity index (χ0) is 24.1. The standard InChI is InChI=1S/C25H23NO7S/c1-2-3-4-12-34(30,31)26-20-7-5-6-19-23(20)24(29)33-25(19)17-10-8-15(27)13-21(17)32-22-14-16(28)9-11-18(22)25/h5-11,13-14,26-28H,2-4,12H2,1H3. The molecule has 0 aromatic heterocycles. The molecule has 0 radical (unpaired) electrons. The minimum absolute atomic E-state index is 0.0457. The largest absolute Gasteiger partial charge is 0.508 e. The number of carbonyl (C=O) groups is 1. The van der Waals surface area contributed by atoms with E-state index in [0.29, 0.717) is 23.1 Å². The molecule has 2 aliphatic heterocycles. The monoisotopic (exact) mass is 481 g/mol. The number of hydrogen-bond acceptors (Lipinski definition) is 7. The summed E-state index contributed by atoms with van der Waals surface area (Å²) in [6, 6.07) is 13.8. The molecule has 0 atom stereocenters. The van der Waals surface area contributed by atoms with E-state index in [2.05, 4.69) is 4.72 Å². The van der Waals surface area contributed by atoms with E-state index in [-0.39, 0.29) is 40.0 Å². The molecule has 3 aromatic carbocycles. The number of fused-ring (bicyclic) bond motifs is 6. The molecule has 0 saturated heterocycles. The van der Waals surface area contributed by atoms with Gasteiger partial charge in [-0.05, 0) is 36.8 Å². The fourth-order valence-corrected chi connectivity index (χ4v) is 5.78. The van der Waals surface area contributed by atoms with E-state index in [4.69, 9.17) is 9.47 Å². The Hall–Kier alpha value is -3.72. The average Bonchev–Trinajstić information content (AvgIpc) is 3.07. The number of sulfonamides is 1. The average molecular weight is 482 g/mol. The maximum atomic E-state index is 13.3. The zero-order valence-electron chi connectivity index (χ0n) is 18.4. The maximum absolute atomic E-state index is 13.3. The van der Waals surface area contributed by atoms with Crippen LogP contribution < -0.4 is 9.46 Å². The number of aromatic hydroxyl groups is 2. The number of hydrogen-bond donors (Lipinski definition) is 3. The normalized spacial score (nSPS) is 15.1. The predicted octanol–water partition coefficient (Wildman–Crippen LogP) is 4.60. The van der Waals surface area contributed by atoms with Gasteiger partial charge in [0.25, 0.3) is 0 Å². The molecule has 1 spiro atoms. The Kier molecular flexibility index (Phi) is 5.16. The first-order valence-electron chi connectivity index (χ1n) is 11.0. The lowest BCUT2D eigenvalue weighted by Crippen LogP contribution is -2.32. The van der Waals surface area contributed by atoms with Gasteiger partial charge in [-0.15, -0.1) is 0 Å². The highest BCUT2D eigenvalue weighted by Gasteiger charge is 2.54. The molecule has 0 saturated carbocycles. The van der Waals surface area contributed by atoms with Gasteiger partial charge in [0.2, 0.25) is 10.0 Å². The van der Waals surface area contributed by atoms with Crippen molar-refractivity contribution in [1.82, 2.24) is 0 Å². The van der Waals surface area contributed by atoms with Gasteiger partial charge in [-0.2, -0.15) is 0 Å².